The molecule has 1 saturated heterocycles. The first-order valence-corrected chi connectivity index (χ1v) is 13.7. The van der Waals surface area contributed by atoms with Crippen molar-refractivity contribution in [2.75, 3.05) is 32.7 Å². The molecule has 206 valence electrons. The van der Waals surface area contributed by atoms with Crippen molar-refractivity contribution in [3.8, 4) is 11.5 Å². The Balaban J connectivity index is 0.00000200. The van der Waals surface area contributed by atoms with Crippen LogP contribution in [0.3, 0.4) is 0 Å². The Morgan fingerprint density at radius 3 is 2.13 bits per heavy atom. The average molecular weight is 578 g/mol. The summed E-state index contributed by atoms with van der Waals surface area (Å²) in [6.07, 6.45) is 5.20. The third-order valence-electron chi connectivity index (χ3n) is 7.81. The van der Waals surface area contributed by atoms with Gasteiger partial charge >= 0.3 is 0 Å². The summed E-state index contributed by atoms with van der Waals surface area (Å²) >= 11 is 6.36. The average Bonchev–Trinajstić information content (AvgIpc) is 2.89. The fourth-order valence-electron chi connectivity index (χ4n) is 5.80. The molecule has 1 heterocycles. The monoisotopic (exact) mass is 576 g/mol. The van der Waals surface area contributed by atoms with Crippen LogP contribution in [0.15, 0.2) is 78.9 Å². The SMILES string of the molecule is Cl.Cl.OC1(C(CN2CCN(Cc3cccc(Oc4ccccc4)c3)CC2)c2cccc(Cl)c2)CCCCC1. The Morgan fingerprint density at radius 1 is 0.763 bits per heavy atom. The summed E-state index contributed by atoms with van der Waals surface area (Å²) in [5, 5.41) is 12.4. The Labute approximate surface area is 244 Å². The van der Waals surface area contributed by atoms with Gasteiger partial charge in [0.05, 0.1) is 5.60 Å². The van der Waals surface area contributed by atoms with Gasteiger partial charge in [-0.1, -0.05) is 73.3 Å². The molecule has 7 heteroatoms. The van der Waals surface area contributed by atoms with E-state index in [1.807, 2.05) is 48.5 Å². The van der Waals surface area contributed by atoms with E-state index in [1.54, 1.807) is 0 Å². The van der Waals surface area contributed by atoms with Crippen LogP contribution in [0.2, 0.25) is 5.02 Å². The highest BCUT2D eigenvalue weighted by Crippen LogP contribution is 2.41. The van der Waals surface area contributed by atoms with Gasteiger partial charge in [-0.2, -0.15) is 0 Å². The number of hydrogen-bond acceptors (Lipinski definition) is 4. The lowest BCUT2D eigenvalue weighted by Gasteiger charge is -2.43. The van der Waals surface area contributed by atoms with E-state index in [1.165, 1.54) is 17.5 Å². The Hall–Kier alpha value is -1.79. The van der Waals surface area contributed by atoms with Gasteiger partial charge in [0, 0.05) is 50.2 Å². The zero-order chi connectivity index (χ0) is 24.8. The fourth-order valence-corrected chi connectivity index (χ4v) is 6.00. The number of nitrogens with zero attached hydrogens (tertiary/aromatic N) is 2. The third-order valence-corrected chi connectivity index (χ3v) is 8.04. The first-order valence-electron chi connectivity index (χ1n) is 13.3. The van der Waals surface area contributed by atoms with E-state index >= 15 is 0 Å². The molecule has 1 aliphatic carbocycles. The molecule has 2 aliphatic rings. The van der Waals surface area contributed by atoms with Crippen LogP contribution < -0.4 is 4.74 Å². The van der Waals surface area contributed by atoms with E-state index < -0.39 is 5.60 Å². The van der Waals surface area contributed by atoms with Crippen LogP contribution in [0.25, 0.3) is 0 Å². The number of piperazine rings is 1. The lowest BCUT2D eigenvalue weighted by atomic mass is 9.72. The van der Waals surface area contributed by atoms with Crippen LogP contribution in [0.1, 0.15) is 49.1 Å². The smallest absolute Gasteiger partial charge is 0.127 e. The van der Waals surface area contributed by atoms with Crippen molar-refractivity contribution in [1.29, 1.82) is 0 Å². The molecule has 38 heavy (non-hydrogen) atoms. The van der Waals surface area contributed by atoms with Crippen LogP contribution in [0, 0.1) is 0 Å². The van der Waals surface area contributed by atoms with Crippen LogP contribution >= 0.6 is 36.4 Å². The van der Waals surface area contributed by atoms with Gasteiger partial charge in [-0.25, -0.2) is 0 Å². The summed E-state index contributed by atoms with van der Waals surface area (Å²) in [6.45, 7) is 5.85. The molecule has 1 atom stereocenters. The van der Waals surface area contributed by atoms with Crippen molar-refractivity contribution >= 4 is 36.4 Å². The van der Waals surface area contributed by atoms with Gasteiger partial charge in [0.1, 0.15) is 11.5 Å². The number of halogens is 3. The molecular formula is C31H39Cl3N2O2. The highest BCUT2D eigenvalue weighted by atomic mass is 35.5. The van der Waals surface area contributed by atoms with E-state index in [0.29, 0.717) is 0 Å². The number of para-hydroxylation sites is 1. The standard InChI is InChI=1S/C31H37ClN2O2.2ClH/c32-27-11-8-10-26(22-27)30(31(35)15-5-2-6-16-31)24-34-19-17-33(18-20-34)23-25-9-7-14-29(21-25)36-28-12-3-1-4-13-28;;/h1,3-4,7-14,21-22,30,35H,2,5-6,15-20,23-24H2;2*1H. The van der Waals surface area contributed by atoms with Gasteiger partial charge in [-0.15, -0.1) is 24.8 Å². The quantitative estimate of drug-likeness (QED) is 0.299. The maximum atomic E-state index is 11.7. The minimum atomic E-state index is -0.640. The van der Waals surface area contributed by atoms with E-state index in [9.17, 15) is 5.11 Å². The predicted molar refractivity (Wildman–Crippen MR) is 161 cm³/mol. The molecule has 2 fully saturated rings. The minimum Gasteiger partial charge on any atom is -0.457 e. The van der Waals surface area contributed by atoms with Crippen LogP contribution in [0.5, 0.6) is 11.5 Å². The molecule has 1 N–H and O–H groups in total. The second-order valence-electron chi connectivity index (χ2n) is 10.4. The number of hydrogen-bond donors (Lipinski definition) is 1. The molecule has 5 rings (SSSR count). The Morgan fingerprint density at radius 2 is 1.42 bits per heavy atom. The van der Waals surface area contributed by atoms with E-state index in [0.717, 1.165) is 81.5 Å². The zero-order valence-corrected chi connectivity index (χ0v) is 24.2. The van der Waals surface area contributed by atoms with Crippen molar-refractivity contribution in [2.24, 2.45) is 0 Å². The van der Waals surface area contributed by atoms with Crippen molar-refractivity contribution in [3.05, 3.63) is 95.0 Å². The zero-order valence-electron chi connectivity index (χ0n) is 21.8. The van der Waals surface area contributed by atoms with E-state index in [-0.39, 0.29) is 30.7 Å². The lowest BCUT2D eigenvalue weighted by molar-refractivity contribution is -0.0344. The number of aliphatic hydroxyl groups is 1. The molecule has 0 aromatic heterocycles. The summed E-state index contributed by atoms with van der Waals surface area (Å²) in [5.41, 5.74) is 1.80. The lowest BCUT2D eigenvalue weighted by Crippen LogP contribution is -2.50. The van der Waals surface area contributed by atoms with E-state index in [4.69, 9.17) is 16.3 Å². The van der Waals surface area contributed by atoms with Crippen molar-refractivity contribution in [2.45, 2.75) is 50.2 Å². The molecule has 4 nitrogen and oxygen atoms in total. The molecule has 0 radical (unpaired) electrons. The van der Waals surface area contributed by atoms with E-state index in [2.05, 4.69) is 40.1 Å². The fraction of sp³-hybridized carbons (Fsp3) is 0.419. The second-order valence-corrected chi connectivity index (χ2v) is 10.8. The molecule has 1 saturated carbocycles. The Bertz CT molecular complexity index is 1120. The Kier molecular flexibility index (Phi) is 11.8. The van der Waals surface area contributed by atoms with Gasteiger partial charge in [-0.05, 0) is 60.4 Å². The number of rotatable bonds is 8. The number of ether oxygens (including phenoxy) is 1. The first kappa shape index (κ1) is 30.7. The van der Waals surface area contributed by atoms with Crippen LogP contribution in [-0.4, -0.2) is 53.2 Å². The van der Waals surface area contributed by atoms with Gasteiger partial charge < -0.3 is 14.7 Å². The molecule has 3 aromatic carbocycles. The molecule has 0 bridgehead atoms. The molecule has 0 amide bonds. The molecule has 1 unspecified atom stereocenters. The van der Waals surface area contributed by atoms with Crippen LogP contribution in [-0.2, 0) is 6.54 Å². The van der Waals surface area contributed by atoms with Crippen LogP contribution in [0.4, 0.5) is 0 Å². The highest BCUT2D eigenvalue weighted by Gasteiger charge is 2.40. The van der Waals surface area contributed by atoms with Crippen molar-refractivity contribution in [1.82, 2.24) is 9.80 Å². The minimum absolute atomic E-state index is 0. The normalized spacial score (nSPS) is 18.6. The van der Waals surface area contributed by atoms with Gasteiger partial charge in [0.25, 0.3) is 0 Å². The first-order chi connectivity index (χ1) is 17.6. The topological polar surface area (TPSA) is 35.9 Å². The van der Waals surface area contributed by atoms with Crippen molar-refractivity contribution < 1.29 is 9.84 Å². The maximum absolute atomic E-state index is 11.7. The summed E-state index contributed by atoms with van der Waals surface area (Å²) in [4.78, 5) is 5.05. The molecular weight excluding hydrogens is 539 g/mol. The highest BCUT2D eigenvalue weighted by molar-refractivity contribution is 6.30. The largest absolute Gasteiger partial charge is 0.457 e. The molecule has 3 aromatic rings. The van der Waals surface area contributed by atoms with Gasteiger partial charge in [-0.3, -0.25) is 4.90 Å². The van der Waals surface area contributed by atoms with Crippen molar-refractivity contribution in [3.63, 3.8) is 0 Å². The summed E-state index contributed by atoms with van der Waals surface area (Å²) in [6, 6.07) is 26.5. The summed E-state index contributed by atoms with van der Waals surface area (Å²) < 4.78 is 6.03. The second kappa shape index (κ2) is 14.6. The van der Waals surface area contributed by atoms with Gasteiger partial charge in [0.15, 0.2) is 0 Å². The van der Waals surface area contributed by atoms with Gasteiger partial charge in [0.2, 0.25) is 0 Å². The number of benzene rings is 3. The summed E-state index contributed by atoms with van der Waals surface area (Å²) in [5.74, 6) is 1.83. The molecule has 1 aliphatic heterocycles. The predicted octanol–water partition coefficient (Wildman–Crippen LogP) is 7.57. The summed E-state index contributed by atoms with van der Waals surface area (Å²) in [7, 11) is 0. The molecule has 0 spiro atoms. The maximum Gasteiger partial charge on any atom is 0.127 e. The third kappa shape index (κ3) is 8.11.